The molecule has 1 radical (unpaired) electrons. The molecule has 1 fully saturated rings. The Morgan fingerprint density at radius 2 is 1.64 bits per heavy atom. The lowest BCUT2D eigenvalue weighted by Crippen LogP contribution is -2.31. The molecule has 0 saturated heterocycles. The summed E-state index contributed by atoms with van der Waals surface area (Å²) in [5, 5.41) is 0. The summed E-state index contributed by atoms with van der Waals surface area (Å²) in [7, 11) is 0. The molecule has 0 heteroatoms. The van der Waals surface area contributed by atoms with Crippen LogP contribution in [0, 0.1) is 17.3 Å². The predicted octanol–water partition coefficient (Wildman–Crippen LogP) is 3.82. The van der Waals surface area contributed by atoms with Crippen molar-refractivity contribution in [3.8, 4) is 0 Å². The molecule has 0 nitrogen and oxygen atoms in total. The standard InChI is InChI=1S/C11H21/c1-10(2)8-6-5-7-9-11(10,3)4/h6H,5,7-9H2,1-4H3. The van der Waals surface area contributed by atoms with E-state index in [-0.39, 0.29) is 0 Å². The summed E-state index contributed by atoms with van der Waals surface area (Å²) in [6.45, 7) is 9.61. The molecule has 0 amide bonds. The maximum absolute atomic E-state index is 2.47. The quantitative estimate of drug-likeness (QED) is 0.464. The van der Waals surface area contributed by atoms with Crippen molar-refractivity contribution < 1.29 is 0 Å². The highest BCUT2D eigenvalue weighted by Gasteiger charge is 2.37. The minimum Gasteiger partial charge on any atom is -0.0594 e. The van der Waals surface area contributed by atoms with Crippen molar-refractivity contribution in [3.05, 3.63) is 6.42 Å². The van der Waals surface area contributed by atoms with Crippen molar-refractivity contribution in [1.29, 1.82) is 0 Å². The first-order valence-corrected chi connectivity index (χ1v) is 4.77. The molecule has 0 aromatic carbocycles. The van der Waals surface area contributed by atoms with Crippen molar-refractivity contribution in [2.75, 3.05) is 0 Å². The lowest BCUT2D eigenvalue weighted by Gasteiger charge is -2.40. The fourth-order valence-corrected chi connectivity index (χ4v) is 1.77. The summed E-state index contributed by atoms with van der Waals surface area (Å²) in [6.07, 6.45) is 7.86. The van der Waals surface area contributed by atoms with Crippen LogP contribution in [0.15, 0.2) is 0 Å². The highest BCUT2D eigenvalue weighted by atomic mass is 14.4. The van der Waals surface area contributed by atoms with E-state index in [0.717, 1.165) is 0 Å². The number of hydrogen-bond acceptors (Lipinski definition) is 0. The van der Waals surface area contributed by atoms with Crippen molar-refractivity contribution in [2.24, 2.45) is 10.8 Å². The summed E-state index contributed by atoms with van der Waals surface area (Å²) in [5.74, 6) is 0. The Kier molecular flexibility index (Phi) is 2.32. The molecule has 0 aliphatic heterocycles. The molecule has 11 heavy (non-hydrogen) atoms. The second-order valence-electron chi connectivity index (χ2n) is 5.15. The fourth-order valence-electron chi connectivity index (χ4n) is 1.77. The van der Waals surface area contributed by atoms with Crippen molar-refractivity contribution in [2.45, 2.75) is 53.4 Å². The summed E-state index contributed by atoms with van der Waals surface area (Å²) in [5.41, 5.74) is 1.03. The summed E-state index contributed by atoms with van der Waals surface area (Å²) in [6, 6.07) is 0. The first-order valence-electron chi connectivity index (χ1n) is 4.77. The molecule has 0 aromatic rings. The first-order chi connectivity index (χ1) is 4.96. The zero-order valence-corrected chi connectivity index (χ0v) is 8.41. The van der Waals surface area contributed by atoms with Gasteiger partial charge in [0.2, 0.25) is 0 Å². The fraction of sp³-hybridized carbons (Fsp3) is 0.909. The van der Waals surface area contributed by atoms with Crippen molar-refractivity contribution in [1.82, 2.24) is 0 Å². The van der Waals surface area contributed by atoms with E-state index in [4.69, 9.17) is 0 Å². The molecule has 0 atom stereocenters. The SMILES string of the molecule is CC1(C)C[CH]CCCC1(C)C. The lowest BCUT2D eigenvalue weighted by atomic mass is 9.65. The van der Waals surface area contributed by atoms with E-state index >= 15 is 0 Å². The summed E-state index contributed by atoms with van der Waals surface area (Å²) < 4.78 is 0. The van der Waals surface area contributed by atoms with Crippen LogP contribution in [-0.2, 0) is 0 Å². The van der Waals surface area contributed by atoms with Gasteiger partial charge in [0.1, 0.15) is 0 Å². The van der Waals surface area contributed by atoms with Gasteiger partial charge in [-0.1, -0.05) is 40.5 Å². The lowest BCUT2D eigenvalue weighted by molar-refractivity contribution is 0.106. The second kappa shape index (κ2) is 2.80. The predicted molar refractivity (Wildman–Crippen MR) is 50.3 cm³/mol. The normalized spacial score (nSPS) is 29.5. The van der Waals surface area contributed by atoms with Gasteiger partial charge in [0.15, 0.2) is 0 Å². The van der Waals surface area contributed by atoms with Crippen LogP contribution in [0.25, 0.3) is 0 Å². The van der Waals surface area contributed by atoms with Gasteiger partial charge in [0.25, 0.3) is 0 Å². The molecule has 65 valence electrons. The number of rotatable bonds is 0. The molecule has 1 rings (SSSR count). The van der Waals surface area contributed by atoms with Gasteiger partial charge in [-0.25, -0.2) is 0 Å². The molecule has 0 spiro atoms. The average molecular weight is 153 g/mol. The van der Waals surface area contributed by atoms with E-state index < -0.39 is 0 Å². The second-order valence-corrected chi connectivity index (χ2v) is 5.15. The molecule has 1 aliphatic rings. The smallest absolute Gasteiger partial charge is 0.0300 e. The van der Waals surface area contributed by atoms with Crippen LogP contribution in [0.2, 0.25) is 0 Å². The third-order valence-electron chi connectivity index (χ3n) is 3.70. The average Bonchev–Trinajstić information content (AvgIpc) is 1.94. The molecule has 0 N–H and O–H groups in total. The van der Waals surface area contributed by atoms with Gasteiger partial charge in [-0.2, -0.15) is 0 Å². The highest BCUT2D eigenvalue weighted by Crippen LogP contribution is 2.47. The van der Waals surface area contributed by atoms with Crippen LogP contribution >= 0.6 is 0 Å². The molecule has 0 bridgehead atoms. The van der Waals surface area contributed by atoms with Crippen LogP contribution in [0.4, 0.5) is 0 Å². The molecular weight excluding hydrogens is 132 g/mol. The third kappa shape index (κ3) is 1.77. The van der Waals surface area contributed by atoms with E-state index in [2.05, 4.69) is 34.1 Å². The summed E-state index contributed by atoms with van der Waals surface area (Å²) >= 11 is 0. The van der Waals surface area contributed by atoms with Gasteiger partial charge in [0, 0.05) is 0 Å². The van der Waals surface area contributed by atoms with Crippen molar-refractivity contribution in [3.63, 3.8) is 0 Å². The minimum absolute atomic E-state index is 0.503. The molecule has 0 heterocycles. The van der Waals surface area contributed by atoms with Gasteiger partial charge in [-0.05, 0) is 30.1 Å². The van der Waals surface area contributed by atoms with Gasteiger partial charge < -0.3 is 0 Å². The van der Waals surface area contributed by atoms with Gasteiger partial charge in [0.05, 0.1) is 0 Å². The topological polar surface area (TPSA) is 0 Å². The van der Waals surface area contributed by atoms with Gasteiger partial charge in [-0.15, -0.1) is 0 Å². The van der Waals surface area contributed by atoms with E-state index in [0.29, 0.717) is 10.8 Å². The monoisotopic (exact) mass is 153 g/mol. The van der Waals surface area contributed by atoms with Crippen LogP contribution in [-0.4, -0.2) is 0 Å². The van der Waals surface area contributed by atoms with Gasteiger partial charge >= 0.3 is 0 Å². The molecule has 0 unspecified atom stereocenters. The van der Waals surface area contributed by atoms with E-state index in [1.807, 2.05) is 0 Å². The number of hydrogen-bond donors (Lipinski definition) is 0. The Bertz CT molecular complexity index is 115. The Labute approximate surface area is 71.4 Å². The molecule has 1 aliphatic carbocycles. The molecular formula is C11H21. The third-order valence-corrected chi connectivity index (χ3v) is 3.70. The van der Waals surface area contributed by atoms with E-state index in [1.54, 1.807) is 0 Å². The zero-order valence-electron chi connectivity index (χ0n) is 8.41. The Morgan fingerprint density at radius 1 is 1.00 bits per heavy atom. The molecule has 1 saturated carbocycles. The Hall–Kier alpha value is 0. The zero-order chi connectivity index (χ0) is 8.54. The minimum atomic E-state index is 0.503. The Morgan fingerprint density at radius 3 is 2.27 bits per heavy atom. The van der Waals surface area contributed by atoms with Crippen molar-refractivity contribution >= 4 is 0 Å². The van der Waals surface area contributed by atoms with Crippen LogP contribution < -0.4 is 0 Å². The van der Waals surface area contributed by atoms with Crippen LogP contribution in [0.3, 0.4) is 0 Å². The van der Waals surface area contributed by atoms with E-state index in [1.165, 1.54) is 25.7 Å². The largest absolute Gasteiger partial charge is 0.0594 e. The summed E-state index contributed by atoms with van der Waals surface area (Å²) in [4.78, 5) is 0. The van der Waals surface area contributed by atoms with Crippen LogP contribution in [0.1, 0.15) is 53.4 Å². The van der Waals surface area contributed by atoms with Crippen LogP contribution in [0.5, 0.6) is 0 Å². The maximum Gasteiger partial charge on any atom is -0.0300 e. The van der Waals surface area contributed by atoms with Gasteiger partial charge in [-0.3, -0.25) is 0 Å². The maximum atomic E-state index is 2.47. The molecule has 0 aromatic heterocycles. The highest BCUT2D eigenvalue weighted by molar-refractivity contribution is 4.92. The van der Waals surface area contributed by atoms with E-state index in [9.17, 15) is 0 Å². The Balaban J connectivity index is 2.72. The first kappa shape index (κ1) is 9.09.